The lowest BCUT2D eigenvalue weighted by atomic mass is 10.2. The fourth-order valence-electron chi connectivity index (χ4n) is 1.54. The summed E-state index contributed by atoms with van der Waals surface area (Å²) in [5.41, 5.74) is 0.926. The molecule has 1 unspecified atom stereocenters. The fourth-order valence-corrected chi connectivity index (χ4v) is 1.54. The van der Waals surface area contributed by atoms with Crippen LogP contribution in [0.5, 0.6) is 0 Å². The van der Waals surface area contributed by atoms with E-state index < -0.39 is 5.97 Å². The van der Waals surface area contributed by atoms with Crippen LogP contribution >= 0.6 is 0 Å². The molecule has 0 amide bonds. The molecule has 0 aliphatic rings. The molecule has 5 nitrogen and oxygen atoms in total. The van der Waals surface area contributed by atoms with Gasteiger partial charge in [-0.3, -0.25) is 4.79 Å². The molecule has 0 saturated heterocycles. The van der Waals surface area contributed by atoms with Crippen LogP contribution in [0.4, 0.5) is 11.5 Å². The van der Waals surface area contributed by atoms with Crippen LogP contribution in [0.2, 0.25) is 0 Å². The first kappa shape index (κ1) is 13.3. The zero-order valence-electron chi connectivity index (χ0n) is 10.5. The van der Waals surface area contributed by atoms with Crippen molar-refractivity contribution in [3.05, 3.63) is 18.3 Å². The average Bonchev–Trinajstić information content (AvgIpc) is 2.27. The highest BCUT2D eigenvalue weighted by molar-refractivity contribution is 5.67. The van der Waals surface area contributed by atoms with Gasteiger partial charge in [-0.25, -0.2) is 4.98 Å². The standard InChI is InChI=1S/C12H19N3O2/c1-9(6-7-11(16)17)14-10-5-4-8-13-12(10)15(2)3/h4-5,8-9,14H,6-7H2,1-3H3,(H,16,17). The molecule has 0 saturated carbocycles. The second-order valence-corrected chi connectivity index (χ2v) is 4.25. The molecule has 17 heavy (non-hydrogen) atoms. The summed E-state index contributed by atoms with van der Waals surface area (Å²) in [7, 11) is 3.85. The normalized spacial score (nSPS) is 11.9. The van der Waals surface area contributed by atoms with Gasteiger partial charge in [-0.15, -0.1) is 0 Å². The van der Waals surface area contributed by atoms with Crippen LogP contribution in [-0.2, 0) is 4.79 Å². The summed E-state index contributed by atoms with van der Waals surface area (Å²) in [5, 5.41) is 11.9. The molecule has 1 rings (SSSR count). The number of anilines is 2. The van der Waals surface area contributed by atoms with Crippen LogP contribution < -0.4 is 10.2 Å². The van der Waals surface area contributed by atoms with Crippen molar-refractivity contribution in [2.24, 2.45) is 0 Å². The fraction of sp³-hybridized carbons (Fsp3) is 0.500. The minimum Gasteiger partial charge on any atom is -0.481 e. The van der Waals surface area contributed by atoms with Gasteiger partial charge >= 0.3 is 5.97 Å². The summed E-state index contributed by atoms with van der Waals surface area (Å²) >= 11 is 0. The van der Waals surface area contributed by atoms with Gasteiger partial charge in [-0.05, 0) is 25.5 Å². The van der Waals surface area contributed by atoms with E-state index in [1.807, 2.05) is 38.1 Å². The van der Waals surface area contributed by atoms with Crippen molar-refractivity contribution in [2.75, 3.05) is 24.3 Å². The molecule has 1 aromatic rings. The van der Waals surface area contributed by atoms with E-state index in [2.05, 4.69) is 10.3 Å². The van der Waals surface area contributed by atoms with Crippen LogP contribution in [0, 0.1) is 0 Å². The maximum atomic E-state index is 10.5. The van der Waals surface area contributed by atoms with E-state index in [1.165, 1.54) is 0 Å². The Balaban J connectivity index is 2.64. The quantitative estimate of drug-likeness (QED) is 0.790. The van der Waals surface area contributed by atoms with Gasteiger partial charge in [0.2, 0.25) is 0 Å². The largest absolute Gasteiger partial charge is 0.481 e. The molecule has 94 valence electrons. The van der Waals surface area contributed by atoms with Crippen molar-refractivity contribution < 1.29 is 9.90 Å². The van der Waals surface area contributed by atoms with Crippen molar-refractivity contribution in [1.29, 1.82) is 0 Å². The van der Waals surface area contributed by atoms with E-state index in [-0.39, 0.29) is 12.5 Å². The van der Waals surface area contributed by atoms with Crippen molar-refractivity contribution in [2.45, 2.75) is 25.8 Å². The number of hydrogen-bond acceptors (Lipinski definition) is 4. The van der Waals surface area contributed by atoms with E-state index in [4.69, 9.17) is 5.11 Å². The molecule has 0 aliphatic heterocycles. The molecule has 0 bridgehead atoms. The van der Waals surface area contributed by atoms with Gasteiger partial charge in [0, 0.05) is 32.8 Å². The lowest BCUT2D eigenvalue weighted by Gasteiger charge is -2.20. The van der Waals surface area contributed by atoms with E-state index in [9.17, 15) is 4.79 Å². The first-order valence-corrected chi connectivity index (χ1v) is 5.61. The number of pyridine rings is 1. The van der Waals surface area contributed by atoms with Crippen molar-refractivity contribution in [1.82, 2.24) is 4.98 Å². The predicted molar refractivity (Wildman–Crippen MR) is 68.5 cm³/mol. The molecule has 2 N–H and O–H groups in total. The second-order valence-electron chi connectivity index (χ2n) is 4.25. The highest BCUT2D eigenvalue weighted by Crippen LogP contribution is 2.21. The van der Waals surface area contributed by atoms with E-state index in [0.29, 0.717) is 6.42 Å². The summed E-state index contributed by atoms with van der Waals surface area (Å²) in [5.74, 6) is 0.0901. The van der Waals surface area contributed by atoms with E-state index >= 15 is 0 Å². The number of nitrogens with one attached hydrogen (secondary N) is 1. The molecule has 1 heterocycles. The molecule has 1 aromatic heterocycles. The molecule has 0 aliphatic carbocycles. The Labute approximate surface area is 101 Å². The Bertz CT molecular complexity index is 380. The van der Waals surface area contributed by atoms with Gasteiger partial charge in [-0.2, -0.15) is 0 Å². The number of carboxylic acids is 1. The second kappa shape index (κ2) is 6.08. The van der Waals surface area contributed by atoms with Crippen molar-refractivity contribution in [3.8, 4) is 0 Å². The van der Waals surface area contributed by atoms with Crippen molar-refractivity contribution in [3.63, 3.8) is 0 Å². The highest BCUT2D eigenvalue weighted by atomic mass is 16.4. The summed E-state index contributed by atoms with van der Waals surface area (Å²) < 4.78 is 0. The molecule has 0 spiro atoms. The number of aliphatic carboxylic acids is 1. The SMILES string of the molecule is CC(CCC(=O)O)Nc1cccnc1N(C)C. The number of rotatable bonds is 6. The maximum Gasteiger partial charge on any atom is 0.303 e. The predicted octanol–water partition coefficient (Wildman–Crippen LogP) is 1.81. The van der Waals surface area contributed by atoms with E-state index in [0.717, 1.165) is 11.5 Å². The number of carbonyl (C=O) groups is 1. The van der Waals surface area contributed by atoms with Crippen LogP contribution in [-0.4, -0.2) is 36.2 Å². The first-order valence-electron chi connectivity index (χ1n) is 5.61. The lowest BCUT2D eigenvalue weighted by molar-refractivity contribution is -0.137. The Morgan fingerprint density at radius 1 is 1.59 bits per heavy atom. The van der Waals surface area contributed by atoms with Gasteiger partial charge in [0.05, 0.1) is 5.69 Å². The summed E-state index contributed by atoms with van der Waals surface area (Å²) in [6.07, 6.45) is 2.51. The molecule has 0 radical (unpaired) electrons. The monoisotopic (exact) mass is 237 g/mol. The molecule has 5 heteroatoms. The maximum absolute atomic E-state index is 10.5. The van der Waals surface area contributed by atoms with Crippen LogP contribution in [0.15, 0.2) is 18.3 Å². The first-order chi connectivity index (χ1) is 8.00. The average molecular weight is 237 g/mol. The van der Waals surface area contributed by atoms with Gasteiger partial charge < -0.3 is 15.3 Å². The lowest BCUT2D eigenvalue weighted by Crippen LogP contribution is -2.20. The van der Waals surface area contributed by atoms with Crippen LogP contribution in [0.25, 0.3) is 0 Å². The topological polar surface area (TPSA) is 65.5 Å². The summed E-state index contributed by atoms with van der Waals surface area (Å²) in [6.45, 7) is 1.97. The van der Waals surface area contributed by atoms with Gasteiger partial charge in [0.15, 0.2) is 5.82 Å². The van der Waals surface area contributed by atoms with Gasteiger partial charge in [0.25, 0.3) is 0 Å². The number of nitrogens with zero attached hydrogens (tertiary/aromatic N) is 2. The molecule has 1 atom stereocenters. The Morgan fingerprint density at radius 2 is 2.29 bits per heavy atom. The molecule has 0 fully saturated rings. The zero-order chi connectivity index (χ0) is 12.8. The number of hydrogen-bond donors (Lipinski definition) is 2. The zero-order valence-corrected chi connectivity index (χ0v) is 10.5. The Morgan fingerprint density at radius 3 is 2.88 bits per heavy atom. The third-order valence-electron chi connectivity index (χ3n) is 2.40. The molecular formula is C12H19N3O2. The summed E-state index contributed by atoms with van der Waals surface area (Å²) in [6, 6.07) is 3.91. The Hall–Kier alpha value is -1.78. The van der Waals surface area contributed by atoms with Gasteiger partial charge in [0.1, 0.15) is 0 Å². The van der Waals surface area contributed by atoms with Crippen LogP contribution in [0.1, 0.15) is 19.8 Å². The summed E-state index contributed by atoms with van der Waals surface area (Å²) in [4.78, 5) is 16.7. The number of carboxylic acid groups (broad SMARTS) is 1. The number of aromatic nitrogens is 1. The minimum absolute atomic E-state index is 0.106. The van der Waals surface area contributed by atoms with Crippen molar-refractivity contribution >= 4 is 17.5 Å². The third-order valence-corrected chi connectivity index (χ3v) is 2.40. The Kier molecular flexibility index (Phi) is 4.75. The third kappa shape index (κ3) is 4.30. The highest BCUT2D eigenvalue weighted by Gasteiger charge is 2.09. The van der Waals surface area contributed by atoms with Gasteiger partial charge in [-0.1, -0.05) is 0 Å². The smallest absolute Gasteiger partial charge is 0.303 e. The molecule has 0 aromatic carbocycles. The van der Waals surface area contributed by atoms with Crippen LogP contribution in [0.3, 0.4) is 0 Å². The minimum atomic E-state index is -0.766. The van der Waals surface area contributed by atoms with E-state index in [1.54, 1.807) is 6.20 Å². The molecular weight excluding hydrogens is 218 g/mol.